The first-order valence-electron chi connectivity index (χ1n) is 4.87. The van der Waals surface area contributed by atoms with E-state index in [4.69, 9.17) is 0 Å². The second-order valence-corrected chi connectivity index (χ2v) is 3.45. The van der Waals surface area contributed by atoms with E-state index < -0.39 is 11.9 Å². The Hall–Kier alpha value is -1.59. The van der Waals surface area contributed by atoms with Crippen molar-refractivity contribution in [2.75, 3.05) is 18.0 Å². The highest BCUT2D eigenvalue weighted by Gasteiger charge is 2.33. The number of anilines is 1. The van der Waals surface area contributed by atoms with Gasteiger partial charge < -0.3 is 4.90 Å². The Morgan fingerprint density at radius 2 is 2.06 bits per heavy atom. The van der Waals surface area contributed by atoms with Gasteiger partial charge in [0.25, 0.3) is 0 Å². The van der Waals surface area contributed by atoms with E-state index in [1.807, 2.05) is 12.2 Å². The van der Waals surface area contributed by atoms with Crippen molar-refractivity contribution in [1.29, 1.82) is 0 Å². The zero-order chi connectivity index (χ0) is 11.6. The third-order valence-corrected chi connectivity index (χ3v) is 2.27. The minimum Gasteiger partial charge on any atom is -0.337 e. The number of aromatic nitrogens is 2. The topological polar surface area (TPSA) is 29.0 Å². The lowest BCUT2D eigenvalue weighted by Crippen LogP contribution is -2.29. The molecule has 0 atom stereocenters. The van der Waals surface area contributed by atoms with Gasteiger partial charge in [0.2, 0.25) is 5.95 Å². The maximum atomic E-state index is 12.4. The monoisotopic (exact) mass is 229 g/mol. The van der Waals surface area contributed by atoms with E-state index in [1.54, 1.807) is 4.90 Å². The third-order valence-electron chi connectivity index (χ3n) is 2.27. The van der Waals surface area contributed by atoms with Crippen molar-refractivity contribution in [3.63, 3.8) is 0 Å². The molecule has 86 valence electrons. The van der Waals surface area contributed by atoms with Crippen LogP contribution in [0, 0.1) is 0 Å². The summed E-state index contributed by atoms with van der Waals surface area (Å²) in [6.45, 7) is 1.21. The summed E-state index contributed by atoms with van der Waals surface area (Å²) in [6, 6.07) is 0.878. The summed E-state index contributed by atoms with van der Waals surface area (Å²) < 4.78 is 37.2. The average molecular weight is 229 g/mol. The molecule has 6 heteroatoms. The minimum atomic E-state index is -4.41. The number of halogens is 3. The van der Waals surface area contributed by atoms with Crippen LogP contribution in [0.4, 0.5) is 19.1 Å². The van der Waals surface area contributed by atoms with Gasteiger partial charge in [-0.05, 0) is 12.5 Å². The lowest BCUT2D eigenvalue weighted by molar-refractivity contribution is -0.141. The maximum Gasteiger partial charge on any atom is 0.433 e. The highest BCUT2D eigenvalue weighted by Crippen LogP contribution is 2.28. The molecule has 1 aromatic rings. The molecule has 2 heterocycles. The number of hydrogen-bond donors (Lipinski definition) is 0. The molecular weight excluding hydrogens is 219 g/mol. The summed E-state index contributed by atoms with van der Waals surface area (Å²) >= 11 is 0. The Kier molecular flexibility index (Phi) is 2.80. The van der Waals surface area contributed by atoms with Crippen molar-refractivity contribution in [3.05, 3.63) is 30.1 Å². The van der Waals surface area contributed by atoms with Gasteiger partial charge in [-0.2, -0.15) is 13.2 Å². The van der Waals surface area contributed by atoms with Crippen LogP contribution in [0.25, 0.3) is 0 Å². The van der Waals surface area contributed by atoms with E-state index in [9.17, 15) is 13.2 Å². The van der Waals surface area contributed by atoms with Gasteiger partial charge in [-0.25, -0.2) is 9.97 Å². The summed E-state index contributed by atoms with van der Waals surface area (Å²) in [7, 11) is 0. The van der Waals surface area contributed by atoms with E-state index in [1.165, 1.54) is 0 Å². The molecule has 2 rings (SSSR count). The van der Waals surface area contributed by atoms with Gasteiger partial charge in [0.1, 0.15) is 5.69 Å². The highest BCUT2D eigenvalue weighted by molar-refractivity contribution is 5.33. The van der Waals surface area contributed by atoms with Gasteiger partial charge in [-0.3, -0.25) is 0 Å². The molecule has 0 aliphatic carbocycles. The molecule has 0 saturated carbocycles. The molecule has 3 nitrogen and oxygen atoms in total. The van der Waals surface area contributed by atoms with Crippen molar-refractivity contribution in [2.45, 2.75) is 12.6 Å². The summed E-state index contributed by atoms with van der Waals surface area (Å²) in [4.78, 5) is 9.10. The van der Waals surface area contributed by atoms with E-state index in [0.29, 0.717) is 13.1 Å². The van der Waals surface area contributed by atoms with Crippen LogP contribution in [0.3, 0.4) is 0 Å². The average Bonchev–Trinajstić information content (AvgIpc) is 2.29. The fraction of sp³-hybridized carbons (Fsp3) is 0.400. The second kappa shape index (κ2) is 4.11. The van der Waals surface area contributed by atoms with Crippen LogP contribution >= 0.6 is 0 Å². The largest absolute Gasteiger partial charge is 0.433 e. The van der Waals surface area contributed by atoms with Crippen LogP contribution in [-0.4, -0.2) is 23.1 Å². The van der Waals surface area contributed by atoms with Crippen LogP contribution < -0.4 is 4.90 Å². The summed E-state index contributed by atoms with van der Waals surface area (Å²) in [5.41, 5.74) is -0.896. The fourth-order valence-corrected chi connectivity index (χ4v) is 1.48. The number of rotatable bonds is 1. The molecule has 1 aromatic heterocycles. The number of alkyl halides is 3. The van der Waals surface area contributed by atoms with Gasteiger partial charge in [0.05, 0.1) is 0 Å². The maximum absolute atomic E-state index is 12.4. The quantitative estimate of drug-likeness (QED) is 0.692. The normalized spacial score (nSPS) is 16.6. The molecule has 0 spiro atoms. The van der Waals surface area contributed by atoms with E-state index >= 15 is 0 Å². The van der Waals surface area contributed by atoms with E-state index in [-0.39, 0.29) is 5.95 Å². The molecule has 0 N–H and O–H groups in total. The van der Waals surface area contributed by atoms with E-state index in [0.717, 1.165) is 18.7 Å². The Morgan fingerprint density at radius 1 is 1.25 bits per heavy atom. The van der Waals surface area contributed by atoms with Gasteiger partial charge in [-0.15, -0.1) is 0 Å². The smallest absolute Gasteiger partial charge is 0.337 e. The summed E-state index contributed by atoms with van der Waals surface area (Å²) in [5.74, 6) is 0.138. The first-order chi connectivity index (χ1) is 7.57. The molecular formula is C10H10F3N3. The van der Waals surface area contributed by atoms with Crippen LogP contribution in [0.2, 0.25) is 0 Å². The molecule has 1 aliphatic heterocycles. The Morgan fingerprint density at radius 3 is 2.69 bits per heavy atom. The van der Waals surface area contributed by atoms with Crippen molar-refractivity contribution >= 4 is 5.95 Å². The molecule has 1 aliphatic rings. The predicted molar refractivity (Wildman–Crippen MR) is 53.0 cm³/mol. The highest BCUT2D eigenvalue weighted by atomic mass is 19.4. The van der Waals surface area contributed by atoms with Gasteiger partial charge in [0, 0.05) is 19.3 Å². The predicted octanol–water partition coefficient (Wildman–Crippen LogP) is 2.26. The molecule has 0 unspecified atom stereocenters. The molecule has 0 saturated heterocycles. The second-order valence-electron chi connectivity index (χ2n) is 3.45. The Balaban J connectivity index is 2.25. The summed E-state index contributed by atoms with van der Waals surface area (Å²) in [6.07, 6.45) is 1.42. The van der Waals surface area contributed by atoms with Crippen molar-refractivity contribution in [3.8, 4) is 0 Å². The van der Waals surface area contributed by atoms with Crippen LogP contribution in [-0.2, 0) is 6.18 Å². The molecule has 0 amide bonds. The minimum absolute atomic E-state index is 0.138. The Labute approximate surface area is 90.6 Å². The lowest BCUT2D eigenvalue weighted by atomic mass is 10.2. The fourth-order valence-electron chi connectivity index (χ4n) is 1.48. The standard InChI is InChI=1S/C10H10F3N3/c11-10(12,13)8-4-5-14-9(15-8)16-6-2-1-3-7-16/h1-2,4-5H,3,6-7H2. The SMILES string of the molecule is FC(F)(F)c1ccnc(N2CC=CCC2)n1. The van der Waals surface area contributed by atoms with Gasteiger partial charge >= 0.3 is 6.18 Å². The van der Waals surface area contributed by atoms with E-state index in [2.05, 4.69) is 9.97 Å². The first kappa shape index (κ1) is 10.9. The van der Waals surface area contributed by atoms with Crippen LogP contribution in [0.5, 0.6) is 0 Å². The lowest BCUT2D eigenvalue weighted by Gasteiger charge is -2.23. The molecule has 0 radical (unpaired) electrons. The van der Waals surface area contributed by atoms with Crippen LogP contribution in [0.1, 0.15) is 12.1 Å². The molecule has 16 heavy (non-hydrogen) atoms. The van der Waals surface area contributed by atoms with Gasteiger partial charge in [0.15, 0.2) is 0 Å². The molecule has 0 bridgehead atoms. The third kappa shape index (κ3) is 2.32. The Bertz CT molecular complexity index is 401. The zero-order valence-corrected chi connectivity index (χ0v) is 8.41. The number of nitrogens with zero attached hydrogens (tertiary/aromatic N) is 3. The van der Waals surface area contributed by atoms with Crippen molar-refractivity contribution in [2.24, 2.45) is 0 Å². The first-order valence-corrected chi connectivity index (χ1v) is 4.87. The van der Waals surface area contributed by atoms with Crippen molar-refractivity contribution in [1.82, 2.24) is 9.97 Å². The van der Waals surface area contributed by atoms with Crippen LogP contribution in [0.15, 0.2) is 24.4 Å². The molecule has 0 fully saturated rings. The van der Waals surface area contributed by atoms with Crippen molar-refractivity contribution < 1.29 is 13.2 Å². The number of hydrogen-bond acceptors (Lipinski definition) is 3. The molecule has 0 aromatic carbocycles. The van der Waals surface area contributed by atoms with Gasteiger partial charge in [-0.1, -0.05) is 12.2 Å². The summed E-state index contributed by atoms with van der Waals surface area (Å²) in [5, 5.41) is 0. The zero-order valence-electron chi connectivity index (χ0n) is 8.41.